The lowest BCUT2D eigenvalue weighted by molar-refractivity contribution is -0.129. The maximum absolute atomic E-state index is 12.7. The molecule has 1 aliphatic rings. The van der Waals surface area contributed by atoms with Crippen molar-refractivity contribution in [1.82, 2.24) is 24.8 Å². The summed E-state index contributed by atoms with van der Waals surface area (Å²) in [6, 6.07) is 8.32. The van der Waals surface area contributed by atoms with Crippen LogP contribution in [0.25, 0.3) is 0 Å². The van der Waals surface area contributed by atoms with Crippen LogP contribution < -0.4 is 4.74 Å². The molecular weight excluding hydrogens is 382 g/mol. The number of likely N-dealkylation sites (N-methyl/N-ethyl adjacent to an activating group) is 1. The second-order valence-electron chi connectivity index (χ2n) is 7.94. The van der Waals surface area contributed by atoms with Crippen LogP contribution in [0.4, 0.5) is 0 Å². The molecule has 1 aromatic carbocycles. The standard InChI is InChI=1S/C22H31N5O3/c1-4-30-19-9-7-17(8-10-19)5-6-18-11-13-26(14-12-18)22(29)20-15-27(24-23-20)16-21(28)25(2)3/h7-10,15,18H,4-6,11-14,16H2,1-3H3. The predicted molar refractivity (Wildman–Crippen MR) is 113 cm³/mol. The summed E-state index contributed by atoms with van der Waals surface area (Å²) >= 11 is 0. The molecule has 2 amide bonds. The first-order valence-electron chi connectivity index (χ1n) is 10.6. The fraction of sp³-hybridized carbons (Fsp3) is 0.545. The summed E-state index contributed by atoms with van der Waals surface area (Å²) in [5.74, 6) is 1.33. The number of likely N-dealkylation sites (tertiary alicyclic amines) is 1. The molecule has 0 aliphatic carbocycles. The number of nitrogens with zero attached hydrogens (tertiary/aromatic N) is 5. The average molecular weight is 414 g/mol. The quantitative estimate of drug-likeness (QED) is 0.663. The summed E-state index contributed by atoms with van der Waals surface area (Å²) in [6.07, 6.45) is 5.71. The molecule has 0 spiro atoms. The molecule has 2 aromatic rings. The molecule has 0 bridgehead atoms. The molecule has 30 heavy (non-hydrogen) atoms. The SMILES string of the molecule is CCOc1ccc(CCC2CCN(C(=O)c3cn(CC(=O)N(C)C)nn3)CC2)cc1. The van der Waals surface area contributed by atoms with Crippen LogP contribution >= 0.6 is 0 Å². The van der Waals surface area contributed by atoms with Gasteiger partial charge in [0, 0.05) is 27.2 Å². The molecule has 1 aliphatic heterocycles. The van der Waals surface area contributed by atoms with Crippen LogP contribution in [-0.2, 0) is 17.8 Å². The topological polar surface area (TPSA) is 80.6 Å². The smallest absolute Gasteiger partial charge is 0.276 e. The Kier molecular flexibility index (Phi) is 7.43. The highest BCUT2D eigenvalue weighted by Gasteiger charge is 2.25. The highest BCUT2D eigenvalue weighted by molar-refractivity contribution is 5.92. The molecule has 0 unspecified atom stereocenters. The molecule has 1 saturated heterocycles. The Morgan fingerprint density at radius 2 is 1.87 bits per heavy atom. The van der Waals surface area contributed by atoms with Crippen molar-refractivity contribution < 1.29 is 14.3 Å². The summed E-state index contributed by atoms with van der Waals surface area (Å²) in [5, 5.41) is 7.87. The van der Waals surface area contributed by atoms with E-state index >= 15 is 0 Å². The van der Waals surface area contributed by atoms with Gasteiger partial charge in [-0.15, -0.1) is 5.10 Å². The zero-order valence-corrected chi connectivity index (χ0v) is 18.1. The average Bonchev–Trinajstić information content (AvgIpc) is 3.21. The molecule has 1 fully saturated rings. The van der Waals surface area contributed by atoms with E-state index in [1.54, 1.807) is 20.3 Å². The van der Waals surface area contributed by atoms with Crippen LogP contribution in [0.2, 0.25) is 0 Å². The number of rotatable bonds is 8. The van der Waals surface area contributed by atoms with Gasteiger partial charge in [0.15, 0.2) is 5.69 Å². The third-order valence-electron chi connectivity index (χ3n) is 5.53. The van der Waals surface area contributed by atoms with Gasteiger partial charge in [0.25, 0.3) is 5.91 Å². The van der Waals surface area contributed by atoms with Crippen molar-refractivity contribution in [1.29, 1.82) is 0 Å². The molecule has 0 radical (unpaired) electrons. The van der Waals surface area contributed by atoms with Gasteiger partial charge in [-0.1, -0.05) is 17.3 Å². The van der Waals surface area contributed by atoms with Crippen molar-refractivity contribution in [3.8, 4) is 5.75 Å². The number of piperidine rings is 1. The van der Waals surface area contributed by atoms with Crippen molar-refractivity contribution in [2.24, 2.45) is 5.92 Å². The monoisotopic (exact) mass is 413 g/mol. The molecule has 8 heteroatoms. The van der Waals surface area contributed by atoms with Gasteiger partial charge < -0.3 is 14.5 Å². The highest BCUT2D eigenvalue weighted by atomic mass is 16.5. The first-order chi connectivity index (χ1) is 14.5. The first-order valence-corrected chi connectivity index (χ1v) is 10.6. The molecule has 0 N–H and O–H groups in total. The van der Waals surface area contributed by atoms with E-state index in [0.29, 0.717) is 18.2 Å². The zero-order valence-electron chi connectivity index (χ0n) is 18.1. The Morgan fingerprint density at radius 3 is 2.50 bits per heavy atom. The Hall–Kier alpha value is -2.90. The van der Waals surface area contributed by atoms with E-state index in [2.05, 4.69) is 22.4 Å². The molecule has 162 valence electrons. The molecule has 2 heterocycles. The number of benzene rings is 1. The lowest BCUT2D eigenvalue weighted by Gasteiger charge is -2.31. The van der Waals surface area contributed by atoms with Crippen LogP contribution in [0.15, 0.2) is 30.5 Å². The largest absolute Gasteiger partial charge is 0.494 e. The number of amides is 2. The fourth-order valence-corrected chi connectivity index (χ4v) is 3.63. The highest BCUT2D eigenvalue weighted by Crippen LogP contribution is 2.24. The lowest BCUT2D eigenvalue weighted by Crippen LogP contribution is -2.38. The van der Waals surface area contributed by atoms with Crippen molar-refractivity contribution >= 4 is 11.8 Å². The van der Waals surface area contributed by atoms with Crippen molar-refractivity contribution in [3.05, 3.63) is 41.7 Å². The molecular formula is C22H31N5O3. The number of carbonyl (C=O) groups excluding carboxylic acids is 2. The van der Waals surface area contributed by atoms with Crippen LogP contribution in [0.5, 0.6) is 5.75 Å². The Balaban J connectivity index is 1.44. The molecule has 3 rings (SSSR count). The minimum atomic E-state index is -0.108. The van der Waals surface area contributed by atoms with E-state index in [1.165, 1.54) is 15.1 Å². The van der Waals surface area contributed by atoms with Crippen molar-refractivity contribution in [3.63, 3.8) is 0 Å². The molecule has 0 saturated carbocycles. The van der Waals surface area contributed by atoms with E-state index in [1.807, 2.05) is 24.0 Å². The van der Waals surface area contributed by atoms with Gasteiger partial charge in [-0.3, -0.25) is 9.59 Å². The van der Waals surface area contributed by atoms with Gasteiger partial charge in [-0.25, -0.2) is 4.68 Å². The molecule has 8 nitrogen and oxygen atoms in total. The minimum Gasteiger partial charge on any atom is -0.494 e. The summed E-state index contributed by atoms with van der Waals surface area (Å²) in [6.45, 7) is 4.22. The van der Waals surface area contributed by atoms with Crippen LogP contribution in [0, 0.1) is 5.92 Å². The number of ether oxygens (including phenoxy) is 1. The van der Waals surface area contributed by atoms with E-state index < -0.39 is 0 Å². The normalized spacial score (nSPS) is 14.6. The zero-order chi connectivity index (χ0) is 21.5. The van der Waals surface area contributed by atoms with Gasteiger partial charge in [0.1, 0.15) is 12.3 Å². The summed E-state index contributed by atoms with van der Waals surface area (Å²) in [4.78, 5) is 27.8. The maximum atomic E-state index is 12.7. The van der Waals surface area contributed by atoms with Crippen LogP contribution in [-0.4, -0.2) is 70.4 Å². The second kappa shape index (κ2) is 10.2. The number of carbonyl (C=O) groups is 2. The van der Waals surface area contributed by atoms with Crippen molar-refractivity contribution in [2.75, 3.05) is 33.8 Å². The van der Waals surface area contributed by atoms with Gasteiger partial charge in [0.2, 0.25) is 5.91 Å². The van der Waals surface area contributed by atoms with E-state index in [9.17, 15) is 9.59 Å². The van der Waals surface area contributed by atoms with E-state index in [-0.39, 0.29) is 18.4 Å². The number of aromatic nitrogens is 3. The van der Waals surface area contributed by atoms with Gasteiger partial charge in [-0.2, -0.15) is 0 Å². The maximum Gasteiger partial charge on any atom is 0.276 e. The van der Waals surface area contributed by atoms with Gasteiger partial charge >= 0.3 is 0 Å². The minimum absolute atomic E-state index is 0.0842. The van der Waals surface area contributed by atoms with E-state index in [4.69, 9.17) is 4.74 Å². The lowest BCUT2D eigenvalue weighted by atomic mass is 9.90. The van der Waals surface area contributed by atoms with Gasteiger partial charge in [-0.05, 0) is 56.2 Å². The van der Waals surface area contributed by atoms with E-state index in [0.717, 1.165) is 44.5 Å². The van der Waals surface area contributed by atoms with Crippen LogP contribution in [0.3, 0.4) is 0 Å². The first kappa shape index (κ1) is 21.8. The third kappa shape index (κ3) is 5.81. The number of hydrogen-bond acceptors (Lipinski definition) is 5. The Morgan fingerprint density at radius 1 is 1.17 bits per heavy atom. The second-order valence-corrected chi connectivity index (χ2v) is 7.94. The summed E-state index contributed by atoms with van der Waals surface area (Å²) < 4.78 is 6.91. The third-order valence-corrected chi connectivity index (χ3v) is 5.53. The predicted octanol–water partition coefficient (Wildman–Crippen LogP) is 2.25. The molecule has 1 aromatic heterocycles. The van der Waals surface area contributed by atoms with Crippen molar-refractivity contribution in [2.45, 2.75) is 39.2 Å². The number of aryl methyl sites for hydroxylation is 1. The molecule has 0 atom stereocenters. The Labute approximate surface area is 177 Å². The Bertz CT molecular complexity index is 839. The number of hydrogen-bond donors (Lipinski definition) is 0. The van der Waals surface area contributed by atoms with Gasteiger partial charge in [0.05, 0.1) is 12.8 Å². The van der Waals surface area contributed by atoms with Crippen LogP contribution in [0.1, 0.15) is 42.2 Å². The summed E-state index contributed by atoms with van der Waals surface area (Å²) in [7, 11) is 3.37. The summed E-state index contributed by atoms with van der Waals surface area (Å²) in [5.41, 5.74) is 1.62. The fourth-order valence-electron chi connectivity index (χ4n) is 3.63.